The van der Waals surface area contributed by atoms with E-state index in [0.717, 1.165) is 5.56 Å². The molecule has 0 saturated carbocycles. The van der Waals surface area contributed by atoms with Gasteiger partial charge in [0.15, 0.2) is 0 Å². The Labute approximate surface area is 88.3 Å². The third-order valence-electron chi connectivity index (χ3n) is 1.88. The van der Waals surface area contributed by atoms with Gasteiger partial charge < -0.3 is 15.6 Å². The van der Waals surface area contributed by atoms with Crippen LogP contribution in [0.3, 0.4) is 0 Å². The lowest BCUT2D eigenvalue weighted by atomic mass is 10.3. The third kappa shape index (κ3) is 4.85. The molecule has 5 nitrogen and oxygen atoms in total. The first-order valence-corrected chi connectivity index (χ1v) is 4.81. The summed E-state index contributed by atoms with van der Waals surface area (Å²) in [4.78, 5) is 24.7. The number of hydrogen-bond acceptors (Lipinski definition) is 2. The predicted molar refractivity (Wildman–Crippen MR) is 55.9 cm³/mol. The fourth-order valence-electron chi connectivity index (χ4n) is 1.11. The maximum atomic E-state index is 11.2. The van der Waals surface area contributed by atoms with Crippen LogP contribution in [0.25, 0.3) is 0 Å². The van der Waals surface area contributed by atoms with Crippen molar-refractivity contribution in [3.8, 4) is 0 Å². The standard InChI is InChI=1S/C10H15N3O2/c1-8(14)12-5-3-10(15)13-7-9-2-4-11-6-9/h2,4,6,11H,3,5,7H2,1H3,(H,12,14)(H,13,15). The molecule has 0 aliphatic carbocycles. The molecule has 0 aliphatic heterocycles. The van der Waals surface area contributed by atoms with Gasteiger partial charge in [0.1, 0.15) is 0 Å². The van der Waals surface area contributed by atoms with Gasteiger partial charge >= 0.3 is 0 Å². The zero-order valence-electron chi connectivity index (χ0n) is 8.67. The van der Waals surface area contributed by atoms with Gasteiger partial charge in [0.05, 0.1) is 0 Å². The average Bonchev–Trinajstić information content (AvgIpc) is 2.66. The molecule has 3 N–H and O–H groups in total. The first-order chi connectivity index (χ1) is 7.18. The summed E-state index contributed by atoms with van der Waals surface area (Å²) in [7, 11) is 0. The SMILES string of the molecule is CC(=O)NCCC(=O)NCc1cc[nH]c1. The van der Waals surface area contributed by atoms with Crippen LogP contribution in [0.15, 0.2) is 18.5 Å². The molecule has 82 valence electrons. The van der Waals surface area contributed by atoms with E-state index in [4.69, 9.17) is 0 Å². The van der Waals surface area contributed by atoms with Crippen LogP contribution in [0.4, 0.5) is 0 Å². The van der Waals surface area contributed by atoms with Gasteiger partial charge in [0.2, 0.25) is 11.8 Å². The largest absolute Gasteiger partial charge is 0.367 e. The van der Waals surface area contributed by atoms with E-state index in [0.29, 0.717) is 19.5 Å². The second-order valence-corrected chi connectivity index (χ2v) is 3.23. The summed E-state index contributed by atoms with van der Waals surface area (Å²) in [5.74, 6) is -0.182. The molecule has 0 spiro atoms. The first-order valence-electron chi connectivity index (χ1n) is 4.81. The molecule has 0 fully saturated rings. The quantitative estimate of drug-likeness (QED) is 0.646. The number of hydrogen-bond donors (Lipinski definition) is 3. The van der Waals surface area contributed by atoms with Crippen molar-refractivity contribution in [3.63, 3.8) is 0 Å². The highest BCUT2D eigenvalue weighted by atomic mass is 16.2. The second kappa shape index (κ2) is 5.85. The number of amides is 2. The molecule has 0 radical (unpaired) electrons. The molecular weight excluding hydrogens is 194 g/mol. The van der Waals surface area contributed by atoms with Crippen molar-refractivity contribution < 1.29 is 9.59 Å². The Hall–Kier alpha value is -1.78. The smallest absolute Gasteiger partial charge is 0.222 e. The van der Waals surface area contributed by atoms with Crippen LogP contribution in [0.2, 0.25) is 0 Å². The molecule has 0 unspecified atom stereocenters. The monoisotopic (exact) mass is 209 g/mol. The molecule has 0 atom stereocenters. The van der Waals surface area contributed by atoms with E-state index in [1.165, 1.54) is 6.92 Å². The number of aromatic nitrogens is 1. The second-order valence-electron chi connectivity index (χ2n) is 3.23. The highest BCUT2D eigenvalue weighted by Gasteiger charge is 2.01. The van der Waals surface area contributed by atoms with Crippen molar-refractivity contribution in [2.75, 3.05) is 6.54 Å². The van der Waals surface area contributed by atoms with Crippen molar-refractivity contribution in [2.45, 2.75) is 19.9 Å². The molecule has 0 saturated heterocycles. The van der Waals surface area contributed by atoms with E-state index in [2.05, 4.69) is 15.6 Å². The number of rotatable bonds is 5. The normalized spacial score (nSPS) is 9.67. The van der Waals surface area contributed by atoms with Crippen LogP contribution < -0.4 is 10.6 Å². The summed E-state index contributed by atoms with van der Waals surface area (Å²) in [6.45, 7) is 2.33. The van der Waals surface area contributed by atoms with Crippen molar-refractivity contribution >= 4 is 11.8 Å². The Morgan fingerprint density at radius 1 is 1.40 bits per heavy atom. The summed E-state index contributed by atoms with van der Waals surface area (Å²) >= 11 is 0. The highest BCUT2D eigenvalue weighted by molar-refractivity contribution is 5.77. The molecule has 1 rings (SSSR count). The molecule has 1 aromatic heterocycles. The van der Waals surface area contributed by atoms with Crippen LogP contribution >= 0.6 is 0 Å². The van der Waals surface area contributed by atoms with Crippen LogP contribution in [0, 0.1) is 0 Å². The first kappa shape index (κ1) is 11.3. The summed E-state index contributed by atoms with van der Waals surface area (Å²) < 4.78 is 0. The number of carbonyl (C=O) groups excluding carboxylic acids is 2. The van der Waals surface area contributed by atoms with Crippen LogP contribution in [0.1, 0.15) is 18.9 Å². The Balaban J connectivity index is 2.11. The molecule has 5 heteroatoms. The van der Waals surface area contributed by atoms with E-state index in [1.54, 1.807) is 6.20 Å². The maximum absolute atomic E-state index is 11.2. The lowest BCUT2D eigenvalue weighted by Gasteiger charge is -2.03. The lowest BCUT2D eigenvalue weighted by molar-refractivity contribution is -0.121. The van der Waals surface area contributed by atoms with E-state index in [1.807, 2.05) is 12.3 Å². The summed E-state index contributed by atoms with van der Waals surface area (Å²) in [5, 5.41) is 5.31. The average molecular weight is 209 g/mol. The van der Waals surface area contributed by atoms with Gasteiger partial charge in [-0.2, -0.15) is 0 Å². The van der Waals surface area contributed by atoms with Crippen molar-refractivity contribution in [3.05, 3.63) is 24.0 Å². The maximum Gasteiger partial charge on any atom is 0.222 e. The van der Waals surface area contributed by atoms with E-state index in [-0.39, 0.29) is 11.8 Å². The summed E-state index contributed by atoms with van der Waals surface area (Å²) in [6.07, 6.45) is 3.94. The number of aromatic amines is 1. The molecule has 1 heterocycles. The predicted octanol–water partition coefficient (Wildman–Crippen LogP) is 0.157. The van der Waals surface area contributed by atoms with Crippen LogP contribution in [-0.4, -0.2) is 23.3 Å². The van der Waals surface area contributed by atoms with Gasteiger partial charge in [-0.3, -0.25) is 9.59 Å². The van der Waals surface area contributed by atoms with Crippen LogP contribution in [-0.2, 0) is 16.1 Å². The van der Waals surface area contributed by atoms with Crippen molar-refractivity contribution in [1.29, 1.82) is 0 Å². The van der Waals surface area contributed by atoms with E-state index >= 15 is 0 Å². The molecule has 1 aromatic rings. The number of H-pyrrole nitrogens is 1. The van der Waals surface area contributed by atoms with E-state index in [9.17, 15) is 9.59 Å². The van der Waals surface area contributed by atoms with Gasteiger partial charge in [0.25, 0.3) is 0 Å². The molecule has 0 aromatic carbocycles. The highest BCUT2D eigenvalue weighted by Crippen LogP contribution is 1.94. The van der Waals surface area contributed by atoms with Crippen molar-refractivity contribution in [1.82, 2.24) is 15.6 Å². The minimum absolute atomic E-state index is 0.0649. The van der Waals surface area contributed by atoms with Gasteiger partial charge in [-0.1, -0.05) is 0 Å². The Morgan fingerprint density at radius 2 is 2.20 bits per heavy atom. The fourth-order valence-corrected chi connectivity index (χ4v) is 1.11. The summed E-state index contributed by atoms with van der Waals surface area (Å²) in [5.41, 5.74) is 1.03. The fraction of sp³-hybridized carbons (Fsp3) is 0.400. The molecular formula is C10H15N3O2. The Kier molecular flexibility index (Phi) is 4.40. The van der Waals surface area contributed by atoms with Crippen LogP contribution in [0.5, 0.6) is 0 Å². The zero-order valence-corrected chi connectivity index (χ0v) is 8.67. The Bertz CT molecular complexity index is 319. The van der Waals surface area contributed by atoms with Gasteiger partial charge in [-0.05, 0) is 11.6 Å². The van der Waals surface area contributed by atoms with Gasteiger partial charge in [-0.25, -0.2) is 0 Å². The topological polar surface area (TPSA) is 74.0 Å². The minimum atomic E-state index is -0.117. The Morgan fingerprint density at radius 3 is 2.80 bits per heavy atom. The van der Waals surface area contributed by atoms with Gasteiger partial charge in [-0.15, -0.1) is 0 Å². The van der Waals surface area contributed by atoms with Crippen molar-refractivity contribution in [2.24, 2.45) is 0 Å². The molecule has 2 amide bonds. The lowest BCUT2D eigenvalue weighted by Crippen LogP contribution is -2.29. The van der Waals surface area contributed by atoms with E-state index < -0.39 is 0 Å². The molecule has 0 aliphatic rings. The minimum Gasteiger partial charge on any atom is -0.367 e. The number of carbonyl (C=O) groups is 2. The zero-order chi connectivity index (χ0) is 11.1. The summed E-state index contributed by atoms with van der Waals surface area (Å²) in [6, 6.07) is 1.90. The third-order valence-corrected chi connectivity index (χ3v) is 1.88. The van der Waals surface area contributed by atoms with Gasteiger partial charge in [0, 0.05) is 38.8 Å². The number of nitrogens with one attached hydrogen (secondary N) is 3. The molecule has 15 heavy (non-hydrogen) atoms. The molecule has 0 bridgehead atoms.